The van der Waals surface area contributed by atoms with E-state index in [4.69, 9.17) is 9.47 Å². The van der Waals surface area contributed by atoms with Gasteiger partial charge in [0.25, 0.3) is 0 Å². The van der Waals surface area contributed by atoms with Crippen molar-refractivity contribution in [1.29, 1.82) is 0 Å². The molecule has 3 heterocycles. The number of ether oxygens (including phenoxy) is 2. The first-order valence-corrected chi connectivity index (χ1v) is 17.4. The van der Waals surface area contributed by atoms with Gasteiger partial charge >= 0.3 is 0 Å². The van der Waals surface area contributed by atoms with E-state index in [1.807, 2.05) is 12.1 Å². The van der Waals surface area contributed by atoms with Crippen molar-refractivity contribution in [3.05, 3.63) is 65.5 Å². The molecule has 2 N–H and O–H groups in total. The van der Waals surface area contributed by atoms with Gasteiger partial charge in [-0.3, -0.25) is 4.79 Å². The Morgan fingerprint density at radius 1 is 1.02 bits per heavy atom. The highest BCUT2D eigenvalue weighted by Gasteiger charge is 2.41. The maximum Gasteiger partial charge on any atom is 0.229 e. The molecule has 11 heteroatoms. The van der Waals surface area contributed by atoms with E-state index in [2.05, 4.69) is 72.0 Å². The number of amides is 1. The van der Waals surface area contributed by atoms with Crippen molar-refractivity contribution in [2.45, 2.75) is 67.2 Å². The average Bonchev–Trinajstić information content (AvgIpc) is 3.44. The van der Waals surface area contributed by atoms with Gasteiger partial charge in [-0.25, -0.2) is 19.3 Å². The standard InChI is InChI=1S/C37H48FN6O3S/c1-36(2,3)33(37(4,5)6)24-12-15-44(16-13-24)14-9-17-47-31-21-29-28(20-30(31)46-7)34(41-23-40-29)43-35-39-22-27(48-35)19-32(45)42-26-11-8-10-25(38)18-26/h8,10-11,18,20-24H,9,12-17,19H2,1-7H3,(H,42,45)(H,39,40,41,43). The summed E-state index contributed by atoms with van der Waals surface area (Å²) < 4.78 is 25.4. The minimum atomic E-state index is -0.407. The smallest absolute Gasteiger partial charge is 0.229 e. The maximum atomic E-state index is 13.5. The number of fused-ring (bicyclic) bond motifs is 1. The average molecular weight is 676 g/mol. The molecule has 9 nitrogen and oxygen atoms in total. The monoisotopic (exact) mass is 675 g/mol. The van der Waals surface area contributed by atoms with Crippen LogP contribution in [0.1, 0.15) is 65.7 Å². The Bertz CT molecular complexity index is 1680. The number of aromatic nitrogens is 3. The molecule has 5 rings (SSSR count). The number of hydrogen-bond donors (Lipinski definition) is 2. The predicted molar refractivity (Wildman–Crippen MR) is 192 cm³/mol. The molecule has 1 aliphatic heterocycles. The van der Waals surface area contributed by atoms with Crippen molar-refractivity contribution >= 4 is 44.8 Å². The van der Waals surface area contributed by atoms with Crippen molar-refractivity contribution in [2.75, 3.05) is 44.0 Å². The van der Waals surface area contributed by atoms with E-state index in [1.54, 1.807) is 31.4 Å². The quantitative estimate of drug-likeness (QED) is 0.145. The number of thiazole rings is 1. The molecule has 0 bridgehead atoms. The number of carbonyl (C=O) groups excluding carboxylic acids is 1. The minimum Gasteiger partial charge on any atom is -0.493 e. The van der Waals surface area contributed by atoms with Crippen molar-refractivity contribution < 1.29 is 18.7 Å². The van der Waals surface area contributed by atoms with Crippen molar-refractivity contribution in [1.82, 2.24) is 19.9 Å². The van der Waals surface area contributed by atoms with Gasteiger partial charge in [-0.05, 0) is 79.3 Å². The van der Waals surface area contributed by atoms with Crippen LogP contribution in [0.3, 0.4) is 0 Å². The van der Waals surface area contributed by atoms with Crippen LogP contribution in [-0.2, 0) is 11.2 Å². The molecule has 48 heavy (non-hydrogen) atoms. The molecule has 257 valence electrons. The van der Waals surface area contributed by atoms with Gasteiger partial charge in [-0.2, -0.15) is 0 Å². The molecule has 0 saturated carbocycles. The van der Waals surface area contributed by atoms with E-state index >= 15 is 0 Å². The number of carbonyl (C=O) groups is 1. The number of nitrogens with one attached hydrogen (secondary N) is 2. The fourth-order valence-corrected chi connectivity index (χ4v) is 7.99. The van der Waals surface area contributed by atoms with Crippen molar-refractivity contribution in [2.24, 2.45) is 16.7 Å². The first-order valence-electron chi connectivity index (χ1n) is 16.6. The van der Waals surface area contributed by atoms with Crippen LogP contribution in [0.2, 0.25) is 0 Å². The van der Waals surface area contributed by atoms with E-state index in [-0.39, 0.29) is 23.2 Å². The molecule has 2 aromatic carbocycles. The second-order valence-electron chi connectivity index (χ2n) is 14.5. The van der Waals surface area contributed by atoms with Crippen LogP contribution in [0.5, 0.6) is 11.5 Å². The first-order chi connectivity index (χ1) is 22.8. The minimum absolute atomic E-state index is 0.112. The Balaban J connectivity index is 1.14. The molecule has 0 atom stereocenters. The summed E-state index contributed by atoms with van der Waals surface area (Å²) in [6.45, 7) is 18.0. The number of nitrogens with zero attached hydrogens (tertiary/aromatic N) is 4. The van der Waals surface area contributed by atoms with E-state index in [1.165, 1.54) is 42.6 Å². The van der Waals surface area contributed by atoms with Gasteiger partial charge in [0.05, 0.1) is 25.7 Å². The Labute approximate surface area is 287 Å². The highest BCUT2D eigenvalue weighted by molar-refractivity contribution is 7.15. The zero-order valence-corrected chi connectivity index (χ0v) is 30.0. The van der Waals surface area contributed by atoms with Crippen LogP contribution in [0, 0.1) is 28.5 Å². The molecule has 0 spiro atoms. The van der Waals surface area contributed by atoms with Crippen LogP contribution < -0.4 is 20.1 Å². The molecule has 1 amide bonds. The van der Waals surface area contributed by atoms with Gasteiger partial charge in [0, 0.05) is 34.8 Å². The van der Waals surface area contributed by atoms with Gasteiger partial charge in [0.2, 0.25) is 5.91 Å². The second-order valence-corrected chi connectivity index (χ2v) is 15.6. The summed E-state index contributed by atoms with van der Waals surface area (Å²) in [6, 6.07) is 9.56. The number of piperidine rings is 1. The summed E-state index contributed by atoms with van der Waals surface area (Å²) >= 11 is 1.34. The fraction of sp³-hybridized carbons (Fsp3) is 0.486. The SMILES string of the molecule is COc1cc2c(Nc3ncc(CC(=O)Nc4cccc(F)c4)s3)ncnc2cc1OCCCN1CCC([C](C(C)(C)C)C(C)(C)C)CC1. The Kier molecular flexibility index (Phi) is 11.2. The zero-order valence-electron chi connectivity index (χ0n) is 29.2. The number of rotatable bonds is 12. The molecule has 0 aliphatic carbocycles. The highest BCUT2D eigenvalue weighted by atomic mass is 32.1. The fourth-order valence-electron chi connectivity index (χ4n) is 7.18. The Hall–Kier alpha value is -3.83. The Morgan fingerprint density at radius 3 is 2.46 bits per heavy atom. The van der Waals surface area contributed by atoms with E-state index in [0.717, 1.165) is 36.3 Å². The third-order valence-electron chi connectivity index (χ3n) is 8.63. The van der Waals surface area contributed by atoms with Gasteiger partial charge in [0.1, 0.15) is 18.0 Å². The number of likely N-dealkylation sites (tertiary alicyclic amines) is 1. The van der Waals surface area contributed by atoms with E-state index in [0.29, 0.717) is 46.2 Å². The molecular formula is C37H48FN6O3S. The summed E-state index contributed by atoms with van der Waals surface area (Å²) in [5.74, 6) is 3.52. The molecule has 2 aromatic heterocycles. The predicted octanol–water partition coefficient (Wildman–Crippen LogP) is 8.31. The molecule has 1 saturated heterocycles. The van der Waals surface area contributed by atoms with Crippen LogP contribution in [0.25, 0.3) is 10.9 Å². The number of benzene rings is 2. The van der Waals surface area contributed by atoms with E-state index < -0.39 is 5.82 Å². The lowest BCUT2D eigenvalue weighted by Crippen LogP contribution is -2.43. The van der Waals surface area contributed by atoms with E-state index in [9.17, 15) is 9.18 Å². The molecule has 0 unspecified atom stereocenters. The summed E-state index contributed by atoms with van der Waals surface area (Å²) in [6.07, 6.45) is 6.60. The first kappa shape index (κ1) is 35.5. The lowest BCUT2D eigenvalue weighted by Gasteiger charge is -2.48. The molecule has 4 aromatic rings. The number of anilines is 3. The third-order valence-corrected chi connectivity index (χ3v) is 9.54. The van der Waals surface area contributed by atoms with Gasteiger partial charge in [-0.1, -0.05) is 47.6 Å². The summed E-state index contributed by atoms with van der Waals surface area (Å²) in [7, 11) is 1.62. The number of halogens is 1. The molecule has 1 aliphatic rings. The maximum absolute atomic E-state index is 13.5. The van der Waals surface area contributed by atoms with Crippen LogP contribution >= 0.6 is 11.3 Å². The normalized spacial score (nSPS) is 14.8. The largest absolute Gasteiger partial charge is 0.493 e. The highest BCUT2D eigenvalue weighted by Crippen LogP contribution is 2.49. The van der Waals surface area contributed by atoms with Gasteiger partial charge in [0.15, 0.2) is 16.6 Å². The summed E-state index contributed by atoms with van der Waals surface area (Å²) in [4.78, 5) is 29.1. The third kappa shape index (κ3) is 9.19. The molecule has 1 radical (unpaired) electrons. The van der Waals surface area contributed by atoms with Crippen molar-refractivity contribution in [3.8, 4) is 11.5 Å². The van der Waals surface area contributed by atoms with Crippen LogP contribution in [-0.4, -0.2) is 59.1 Å². The molecule has 1 fully saturated rings. The zero-order chi connectivity index (χ0) is 34.5. The number of methoxy groups -OCH3 is 1. The lowest BCUT2D eigenvalue weighted by atomic mass is 9.59. The van der Waals surface area contributed by atoms with Gasteiger partial charge < -0.3 is 25.0 Å². The molecular weight excluding hydrogens is 628 g/mol. The second kappa shape index (κ2) is 15.2. The number of hydrogen-bond acceptors (Lipinski definition) is 9. The lowest BCUT2D eigenvalue weighted by molar-refractivity contribution is -0.115. The topological polar surface area (TPSA) is 102 Å². The summed E-state index contributed by atoms with van der Waals surface area (Å²) in [5.41, 5.74) is 1.56. The Morgan fingerprint density at radius 2 is 1.77 bits per heavy atom. The van der Waals surface area contributed by atoms with Crippen molar-refractivity contribution in [3.63, 3.8) is 0 Å². The summed E-state index contributed by atoms with van der Waals surface area (Å²) in [5, 5.41) is 7.30. The van der Waals surface area contributed by atoms with Crippen LogP contribution in [0.4, 0.5) is 21.0 Å². The van der Waals surface area contributed by atoms with Gasteiger partial charge in [-0.15, -0.1) is 11.3 Å². The van der Waals surface area contributed by atoms with Crippen LogP contribution in [0.15, 0.2) is 48.9 Å².